The Labute approximate surface area is 148 Å². The highest BCUT2D eigenvalue weighted by Gasteiger charge is 2.13. The summed E-state index contributed by atoms with van der Waals surface area (Å²) in [6, 6.07) is 7.21. The molecule has 0 saturated carbocycles. The molecule has 2 amide bonds. The number of aliphatic hydroxyl groups excluding tert-OH is 1. The lowest BCUT2D eigenvalue weighted by molar-refractivity contribution is 0.172. The molecule has 1 atom stereocenters. The summed E-state index contributed by atoms with van der Waals surface area (Å²) in [5.41, 5.74) is 4.40. The second-order valence-electron chi connectivity index (χ2n) is 5.98. The number of pyridine rings is 1. The first-order valence-corrected chi connectivity index (χ1v) is 8.18. The van der Waals surface area contributed by atoms with Crippen LogP contribution in [0.2, 0.25) is 0 Å². The van der Waals surface area contributed by atoms with Gasteiger partial charge in [-0.3, -0.25) is 4.98 Å². The Balaban J connectivity index is 1.88. The van der Waals surface area contributed by atoms with Crippen molar-refractivity contribution in [2.75, 3.05) is 13.7 Å². The molecule has 25 heavy (non-hydrogen) atoms. The molecule has 1 aromatic carbocycles. The molecule has 2 rings (SSSR count). The van der Waals surface area contributed by atoms with Gasteiger partial charge in [0.2, 0.25) is 0 Å². The summed E-state index contributed by atoms with van der Waals surface area (Å²) in [4.78, 5) is 16.3. The molecule has 0 saturated heterocycles. The van der Waals surface area contributed by atoms with Gasteiger partial charge in [-0.2, -0.15) is 0 Å². The number of ether oxygens (including phenoxy) is 1. The van der Waals surface area contributed by atoms with E-state index in [0.29, 0.717) is 0 Å². The monoisotopic (exact) mass is 343 g/mol. The van der Waals surface area contributed by atoms with Gasteiger partial charge in [-0.25, -0.2) is 4.79 Å². The summed E-state index contributed by atoms with van der Waals surface area (Å²) in [6.07, 6.45) is 0.981. The Morgan fingerprint density at radius 1 is 1.20 bits per heavy atom. The summed E-state index contributed by atoms with van der Waals surface area (Å²) in [5.74, 6) is 0.780. The van der Waals surface area contributed by atoms with Crippen LogP contribution >= 0.6 is 0 Å². The minimum Gasteiger partial charge on any atom is -0.496 e. The molecule has 134 valence electrons. The predicted molar refractivity (Wildman–Crippen MR) is 96.6 cm³/mol. The van der Waals surface area contributed by atoms with Gasteiger partial charge in [0, 0.05) is 23.9 Å². The first-order valence-electron chi connectivity index (χ1n) is 8.18. The van der Waals surface area contributed by atoms with Crippen molar-refractivity contribution in [3.63, 3.8) is 0 Å². The normalized spacial score (nSPS) is 11.7. The molecule has 0 aliphatic rings. The van der Waals surface area contributed by atoms with Gasteiger partial charge in [0.15, 0.2) is 0 Å². The van der Waals surface area contributed by atoms with E-state index in [1.165, 1.54) is 0 Å². The summed E-state index contributed by atoms with van der Waals surface area (Å²) < 4.78 is 5.36. The van der Waals surface area contributed by atoms with E-state index in [2.05, 4.69) is 15.6 Å². The molecule has 1 aromatic heterocycles. The maximum atomic E-state index is 12.0. The van der Waals surface area contributed by atoms with Crippen LogP contribution < -0.4 is 15.4 Å². The summed E-state index contributed by atoms with van der Waals surface area (Å²) >= 11 is 0. The second-order valence-corrected chi connectivity index (χ2v) is 5.98. The number of rotatable bonds is 6. The van der Waals surface area contributed by atoms with Gasteiger partial charge >= 0.3 is 6.03 Å². The zero-order valence-corrected chi connectivity index (χ0v) is 15.1. The van der Waals surface area contributed by atoms with E-state index >= 15 is 0 Å². The molecule has 0 fully saturated rings. The van der Waals surface area contributed by atoms with Crippen LogP contribution in [0.5, 0.6) is 5.75 Å². The highest BCUT2D eigenvalue weighted by Crippen LogP contribution is 2.23. The van der Waals surface area contributed by atoms with Gasteiger partial charge in [-0.15, -0.1) is 0 Å². The molecule has 2 aromatic rings. The van der Waals surface area contributed by atoms with Crippen LogP contribution in [0.25, 0.3) is 0 Å². The highest BCUT2D eigenvalue weighted by molar-refractivity contribution is 5.73. The van der Waals surface area contributed by atoms with Crippen LogP contribution in [0, 0.1) is 20.8 Å². The number of carbonyl (C=O) groups is 1. The number of urea groups is 1. The third kappa shape index (κ3) is 4.70. The number of hydrogen-bond acceptors (Lipinski definition) is 4. The number of aryl methyl sites for hydroxylation is 2. The van der Waals surface area contributed by atoms with Gasteiger partial charge in [0.1, 0.15) is 5.75 Å². The smallest absolute Gasteiger partial charge is 0.315 e. The van der Waals surface area contributed by atoms with Crippen molar-refractivity contribution < 1.29 is 14.6 Å². The van der Waals surface area contributed by atoms with Crippen molar-refractivity contribution in [2.45, 2.75) is 33.4 Å². The lowest BCUT2D eigenvalue weighted by Gasteiger charge is -2.16. The highest BCUT2D eigenvalue weighted by atomic mass is 16.5. The zero-order valence-electron chi connectivity index (χ0n) is 15.1. The zero-order chi connectivity index (χ0) is 18.4. The van der Waals surface area contributed by atoms with Crippen molar-refractivity contribution in [1.82, 2.24) is 15.6 Å². The SMILES string of the molecule is COc1c(C)cnc(CNC(=O)NCC(O)c2ccccc2C)c1C. The van der Waals surface area contributed by atoms with Crippen molar-refractivity contribution in [2.24, 2.45) is 0 Å². The van der Waals surface area contributed by atoms with E-state index in [9.17, 15) is 9.90 Å². The Bertz CT molecular complexity index is 747. The lowest BCUT2D eigenvalue weighted by Crippen LogP contribution is -2.37. The molecule has 0 bridgehead atoms. The number of benzene rings is 1. The third-order valence-corrected chi connectivity index (χ3v) is 4.17. The minimum absolute atomic E-state index is 0.139. The fourth-order valence-electron chi connectivity index (χ4n) is 2.74. The van der Waals surface area contributed by atoms with E-state index in [0.717, 1.165) is 33.7 Å². The Morgan fingerprint density at radius 2 is 1.92 bits per heavy atom. The van der Waals surface area contributed by atoms with E-state index in [1.54, 1.807) is 13.3 Å². The van der Waals surface area contributed by atoms with Crippen LogP contribution in [0.1, 0.15) is 34.1 Å². The molecule has 1 heterocycles. The maximum absolute atomic E-state index is 12.0. The fraction of sp³-hybridized carbons (Fsp3) is 0.368. The lowest BCUT2D eigenvalue weighted by atomic mass is 10.0. The first kappa shape index (κ1) is 18.7. The average molecular weight is 343 g/mol. The number of carbonyl (C=O) groups excluding carboxylic acids is 1. The van der Waals surface area contributed by atoms with Crippen LogP contribution in [0.4, 0.5) is 4.79 Å². The molecule has 1 unspecified atom stereocenters. The molecule has 0 aliphatic heterocycles. The van der Waals surface area contributed by atoms with Gasteiger partial charge in [0.05, 0.1) is 25.5 Å². The van der Waals surface area contributed by atoms with Crippen LogP contribution in [0.3, 0.4) is 0 Å². The van der Waals surface area contributed by atoms with Crippen molar-refractivity contribution in [3.8, 4) is 5.75 Å². The van der Waals surface area contributed by atoms with Gasteiger partial charge in [0.25, 0.3) is 0 Å². The molecular formula is C19H25N3O3. The van der Waals surface area contributed by atoms with Gasteiger partial charge < -0.3 is 20.5 Å². The molecule has 0 radical (unpaired) electrons. The molecule has 3 N–H and O–H groups in total. The van der Waals surface area contributed by atoms with Crippen molar-refractivity contribution in [3.05, 3.63) is 58.4 Å². The van der Waals surface area contributed by atoms with Gasteiger partial charge in [-0.05, 0) is 31.9 Å². The molecule has 0 aliphatic carbocycles. The predicted octanol–water partition coefficient (Wildman–Crippen LogP) is 2.55. The van der Waals surface area contributed by atoms with Crippen molar-refractivity contribution >= 4 is 6.03 Å². The minimum atomic E-state index is -0.744. The van der Waals surface area contributed by atoms with Crippen LogP contribution in [-0.2, 0) is 6.54 Å². The summed E-state index contributed by atoms with van der Waals surface area (Å²) in [6.45, 7) is 6.19. The number of nitrogens with zero attached hydrogens (tertiary/aromatic N) is 1. The summed E-state index contributed by atoms with van der Waals surface area (Å²) in [7, 11) is 1.62. The third-order valence-electron chi connectivity index (χ3n) is 4.17. The van der Waals surface area contributed by atoms with Crippen LogP contribution in [-0.4, -0.2) is 29.8 Å². The second kappa shape index (κ2) is 8.48. The first-order chi connectivity index (χ1) is 11.9. The van der Waals surface area contributed by atoms with Gasteiger partial charge in [-0.1, -0.05) is 24.3 Å². The Kier molecular flexibility index (Phi) is 6.36. The molecular weight excluding hydrogens is 318 g/mol. The van der Waals surface area contributed by atoms with E-state index in [4.69, 9.17) is 4.74 Å². The quantitative estimate of drug-likeness (QED) is 0.753. The summed E-state index contributed by atoms with van der Waals surface area (Å²) in [5, 5.41) is 15.6. The number of aliphatic hydroxyl groups is 1. The molecule has 6 nitrogen and oxygen atoms in total. The topological polar surface area (TPSA) is 83.5 Å². The van der Waals surface area contributed by atoms with Crippen molar-refractivity contribution in [1.29, 1.82) is 0 Å². The largest absolute Gasteiger partial charge is 0.496 e. The van der Waals surface area contributed by atoms with Crippen LogP contribution in [0.15, 0.2) is 30.5 Å². The number of nitrogens with one attached hydrogen (secondary N) is 2. The number of methoxy groups -OCH3 is 1. The number of aromatic nitrogens is 1. The average Bonchev–Trinajstić information content (AvgIpc) is 2.60. The maximum Gasteiger partial charge on any atom is 0.315 e. The van der Waals surface area contributed by atoms with E-state index < -0.39 is 6.10 Å². The van der Waals surface area contributed by atoms with E-state index in [1.807, 2.05) is 45.0 Å². The Hall–Kier alpha value is -2.60. The van der Waals surface area contributed by atoms with E-state index in [-0.39, 0.29) is 19.1 Å². The number of hydrogen-bond donors (Lipinski definition) is 3. The fourth-order valence-corrected chi connectivity index (χ4v) is 2.74. The standard InChI is InChI=1S/C19H25N3O3/c1-12-7-5-6-8-15(12)17(23)11-22-19(24)21-10-16-14(3)18(25-4)13(2)9-20-16/h5-9,17,23H,10-11H2,1-4H3,(H2,21,22,24). The molecule has 6 heteroatoms. The Morgan fingerprint density at radius 3 is 2.60 bits per heavy atom. The number of amides is 2. The molecule has 0 spiro atoms.